The number of halogens is 2. The van der Waals surface area contributed by atoms with Gasteiger partial charge in [0.15, 0.2) is 0 Å². The van der Waals surface area contributed by atoms with E-state index in [-0.39, 0.29) is 28.8 Å². The lowest BCUT2D eigenvalue weighted by atomic mass is 9.65. The van der Waals surface area contributed by atoms with Crippen molar-refractivity contribution in [3.05, 3.63) is 94.3 Å². The van der Waals surface area contributed by atoms with Crippen LogP contribution in [0.15, 0.2) is 66.7 Å². The quantitative estimate of drug-likeness (QED) is 0.412. The molecule has 3 aliphatic rings. The Morgan fingerprint density at radius 1 is 0.886 bits per heavy atom. The van der Waals surface area contributed by atoms with Crippen molar-refractivity contribution < 1.29 is 14.0 Å². The SMILES string of the molecule is CC1(c2ccc(Cl)cc2)CC(C)(C)N2C(=O)C3(SCC(=O)N3c3ccc(F)cc3)c3cccc1c32. The monoisotopic (exact) mass is 506 g/mol. The van der Waals surface area contributed by atoms with Crippen LogP contribution in [0.2, 0.25) is 5.02 Å². The summed E-state index contributed by atoms with van der Waals surface area (Å²) in [5.74, 6) is -0.494. The van der Waals surface area contributed by atoms with E-state index >= 15 is 0 Å². The van der Waals surface area contributed by atoms with Crippen LogP contribution in [0.4, 0.5) is 15.8 Å². The normalized spacial score (nSPS) is 26.5. The van der Waals surface area contributed by atoms with E-state index in [1.165, 1.54) is 23.9 Å². The maximum atomic E-state index is 14.4. The van der Waals surface area contributed by atoms with Gasteiger partial charge in [0.1, 0.15) is 5.82 Å². The van der Waals surface area contributed by atoms with Gasteiger partial charge in [-0.25, -0.2) is 4.39 Å². The van der Waals surface area contributed by atoms with Gasteiger partial charge in [-0.05, 0) is 67.8 Å². The van der Waals surface area contributed by atoms with Gasteiger partial charge < -0.3 is 4.90 Å². The van der Waals surface area contributed by atoms with E-state index in [2.05, 4.69) is 39.0 Å². The van der Waals surface area contributed by atoms with Crippen LogP contribution in [-0.2, 0) is 19.9 Å². The molecule has 2 unspecified atom stereocenters. The molecule has 0 N–H and O–H groups in total. The van der Waals surface area contributed by atoms with Crippen molar-refractivity contribution >= 4 is 46.6 Å². The first-order valence-corrected chi connectivity index (χ1v) is 12.9. The lowest BCUT2D eigenvalue weighted by Crippen LogP contribution is -2.58. The molecule has 0 bridgehead atoms. The molecule has 1 spiro atoms. The highest BCUT2D eigenvalue weighted by Crippen LogP contribution is 2.62. The summed E-state index contributed by atoms with van der Waals surface area (Å²) in [5.41, 5.74) is 3.51. The summed E-state index contributed by atoms with van der Waals surface area (Å²) in [4.78, 5) is 29.9. The molecule has 0 aromatic heterocycles. The summed E-state index contributed by atoms with van der Waals surface area (Å²) in [5, 5.41) is 0.678. The van der Waals surface area contributed by atoms with Crippen molar-refractivity contribution in [2.24, 2.45) is 0 Å². The zero-order valence-corrected chi connectivity index (χ0v) is 21.2. The van der Waals surface area contributed by atoms with Gasteiger partial charge in [-0.15, -0.1) is 11.8 Å². The molecule has 7 heteroatoms. The minimum atomic E-state index is -1.22. The number of amides is 2. The van der Waals surface area contributed by atoms with Crippen molar-refractivity contribution in [2.75, 3.05) is 15.6 Å². The molecule has 3 aromatic carbocycles. The van der Waals surface area contributed by atoms with Crippen LogP contribution in [0, 0.1) is 5.82 Å². The van der Waals surface area contributed by atoms with Gasteiger partial charge in [0.05, 0.1) is 11.4 Å². The van der Waals surface area contributed by atoms with Crippen LogP contribution >= 0.6 is 23.4 Å². The molecule has 178 valence electrons. The Bertz CT molecular complexity index is 1390. The molecular formula is C28H24ClFN2O2S. The summed E-state index contributed by atoms with van der Waals surface area (Å²) in [7, 11) is 0. The lowest BCUT2D eigenvalue weighted by Gasteiger charge is -2.50. The number of carbonyl (C=O) groups is 2. The average Bonchev–Trinajstić information content (AvgIpc) is 3.29. The highest BCUT2D eigenvalue weighted by atomic mass is 35.5. The molecule has 35 heavy (non-hydrogen) atoms. The van der Waals surface area contributed by atoms with Crippen LogP contribution in [-0.4, -0.2) is 23.1 Å². The van der Waals surface area contributed by atoms with Crippen LogP contribution in [0.5, 0.6) is 0 Å². The second-order valence-electron chi connectivity index (χ2n) is 10.3. The van der Waals surface area contributed by atoms with Gasteiger partial charge in [0.2, 0.25) is 10.8 Å². The lowest BCUT2D eigenvalue weighted by molar-refractivity contribution is -0.124. The first-order chi connectivity index (χ1) is 16.6. The molecule has 1 saturated heterocycles. The second kappa shape index (κ2) is 7.34. The van der Waals surface area contributed by atoms with Gasteiger partial charge in [0, 0.05) is 27.2 Å². The number of carbonyl (C=O) groups excluding carboxylic acids is 2. The summed E-state index contributed by atoms with van der Waals surface area (Å²) in [6.07, 6.45) is 0.703. The molecule has 0 aliphatic carbocycles. The fourth-order valence-corrected chi connectivity index (χ4v) is 7.76. The molecule has 0 radical (unpaired) electrons. The molecule has 2 amide bonds. The summed E-state index contributed by atoms with van der Waals surface area (Å²) in [6, 6.07) is 19.7. The third-order valence-corrected chi connectivity index (χ3v) is 9.28. The molecule has 3 aliphatic heterocycles. The van der Waals surface area contributed by atoms with Gasteiger partial charge in [-0.1, -0.05) is 48.9 Å². The fraction of sp³-hybridized carbons (Fsp3) is 0.286. The highest BCUT2D eigenvalue weighted by molar-refractivity contribution is 8.02. The zero-order chi connectivity index (χ0) is 24.8. The Balaban J connectivity index is 1.62. The number of hydrogen-bond donors (Lipinski definition) is 0. The Morgan fingerprint density at radius 3 is 2.23 bits per heavy atom. The average molecular weight is 507 g/mol. The largest absolute Gasteiger partial charge is 0.303 e. The van der Waals surface area contributed by atoms with Gasteiger partial charge in [-0.2, -0.15) is 0 Å². The molecular weight excluding hydrogens is 483 g/mol. The molecule has 2 atom stereocenters. The van der Waals surface area contributed by atoms with Crippen LogP contribution in [0.3, 0.4) is 0 Å². The minimum Gasteiger partial charge on any atom is -0.303 e. The summed E-state index contributed by atoms with van der Waals surface area (Å²) >= 11 is 7.54. The van der Waals surface area contributed by atoms with E-state index in [4.69, 9.17) is 11.6 Å². The van der Waals surface area contributed by atoms with E-state index in [1.807, 2.05) is 29.2 Å². The highest BCUT2D eigenvalue weighted by Gasteiger charge is 2.65. The van der Waals surface area contributed by atoms with Crippen LogP contribution in [0.1, 0.15) is 43.9 Å². The second-order valence-corrected chi connectivity index (χ2v) is 11.9. The first kappa shape index (κ1) is 22.6. The molecule has 4 nitrogen and oxygen atoms in total. The first-order valence-electron chi connectivity index (χ1n) is 11.6. The number of hydrogen-bond acceptors (Lipinski definition) is 3. The van der Waals surface area contributed by atoms with Gasteiger partial charge in [0.25, 0.3) is 5.91 Å². The van der Waals surface area contributed by atoms with Crippen LogP contribution in [0.25, 0.3) is 0 Å². The predicted molar refractivity (Wildman–Crippen MR) is 139 cm³/mol. The van der Waals surface area contributed by atoms with Crippen molar-refractivity contribution in [2.45, 2.75) is 43.0 Å². The van der Waals surface area contributed by atoms with Crippen molar-refractivity contribution in [1.82, 2.24) is 0 Å². The van der Waals surface area contributed by atoms with E-state index < -0.39 is 10.4 Å². The molecule has 1 fully saturated rings. The smallest absolute Gasteiger partial charge is 0.269 e. The Labute approximate surface area is 213 Å². The van der Waals surface area contributed by atoms with Crippen molar-refractivity contribution in [3.8, 4) is 0 Å². The van der Waals surface area contributed by atoms with Crippen molar-refractivity contribution in [3.63, 3.8) is 0 Å². The fourth-order valence-electron chi connectivity index (χ4n) is 6.31. The number of fused-ring (bicyclic) bond motifs is 1. The number of benzene rings is 3. The molecule has 3 heterocycles. The topological polar surface area (TPSA) is 40.6 Å². The summed E-state index contributed by atoms with van der Waals surface area (Å²) in [6.45, 7) is 6.38. The molecule has 0 saturated carbocycles. The van der Waals surface area contributed by atoms with Gasteiger partial charge >= 0.3 is 0 Å². The van der Waals surface area contributed by atoms with E-state index in [9.17, 15) is 14.0 Å². The van der Waals surface area contributed by atoms with Crippen LogP contribution < -0.4 is 9.80 Å². The standard InChI is InChI=1S/C28H24ClFN2O2S/c1-26(2)16-27(3,17-7-9-18(29)10-8-17)21-5-4-6-22-24(21)32(26)25(34)28(22)31(23(33)15-35-28)20-13-11-19(30)12-14-20/h4-14H,15-16H2,1-3H3. The zero-order valence-electron chi connectivity index (χ0n) is 19.6. The third kappa shape index (κ3) is 2.93. The van der Waals surface area contributed by atoms with E-state index in [1.54, 1.807) is 17.0 Å². The Hall–Kier alpha value is -2.83. The molecule has 3 aromatic rings. The Morgan fingerprint density at radius 2 is 1.54 bits per heavy atom. The molecule has 6 rings (SSSR count). The number of thioether (sulfide) groups is 1. The number of rotatable bonds is 2. The third-order valence-electron chi connectivity index (χ3n) is 7.64. The maximum absolute atomic E-state index is 14.4. The van der Waals surface area contributed by atoms with Crippen molar-refractivity contribution in [1.29, 1.82) is 0 Å². The van der Waals surface area contributed by atoms with E-state index in [0.29, 0.717) is 17.1 Å². The summed E-state index contributed by atoms with van der Waals surface area (Å²) < 4.78 is 13.7. The Kier molecular flexibility index (Phi) is 4.74. The number of anilines is 2. The van der Waals surface area contributed by atoms with Gasteiger partial charge in [-0.3, -0.25) is 14.5 Å². The minimum absolute atomic E-state index is 0.122. The number of para-hydroxylation sites is 1. The predicted octanol–water partition coefficient (Wildman–Crippen LogP) is 6.25. The maximum Gasteiger partial charge on any atom is 0.269 e. The number of nitrogens with zero attached hydrogens (tertiary/aromatic N) is 2. The van der Waals surface area contributed by atoms with E-state index in [0.717, 1.165) is 22.4 Å².